The van der Waals surface area contributed by atoms with Crippen molar-refractivity contribution in [3.63, 3.8) is 0 Å². The van der Waals surface area contributed by atoms with Crippen LogP contribution in [0.4, 0.5) is 5.69 Å². The summed E-state index contributed by atoms with van der Waals surface area (Å²) in [7, 11) is 0. The third kappa shape index (κ3) is 4.32. The summed E-state index contributed by atoms with van der Waals surface area (Å²) in [5.74, 6) is 0.325. The molecule has 28 heavy (non-hydrogen) atoms. The van der Waals surface area contributed by atoms with Crippen LogP contribution in [0, 0.1) is 0 Å². The van der Waals surface area contributed by atoms with E-state index < -0.39 is 6.04 Å². The fourth-order valence-corrected chi connectivity index (χ4v) is 3.18. The number of carbonyl (C=O) groups excluding carboxylic acids is 1. The van der Waals surface area contributed by atoms with Gasteiger partial charge in [0.05, 0.1) is 16.8 Å². The molecule has 0 aliphatic heterocycles. The molecule has 0 fully saturated rings. The Labute approximate surface area is 172 Å². The van der Waals surface area contributed by atoms with Gasteiger partial charge in [-0.3, -0.25) is 9.59 Å². The van der Waals surface area contributed by atoms with Crippen LogP contribution in [-0.2, 0) is 4.79 Å². The minimum atomic E-state index is -0.737. The monoisotopic (exact) mass is 418 g/mol. The zero-order chi connectivity index (χ0) is 20.4. The lowest BCUT2D eigenvalue weighted by atomic mass is 10.1. The maximum atomic E-state index is 12.9. The molecule has 3 rings (SSSR count). The van der Waals surface area contributed by atoms with E-state index >= 15 is 0 Å². The predicted molar refractivity (Wildman–Crippen MR) is 114 cm³/mol. The molecule has 7 heteroatoms. The van der Waals surface area contributed by atoms with Crippen molar-refractivity contribution in [2.75, 3.05) is 5.32 Å². The molecule has 1 N–H and O–H groups in total. The van der Waals surface area contributed by atoms with E-state index in [1.807, 2.05) is 19.9 Å². The number of carbonyl (C=O) groups is 1. The molecule has 1 amide bonds. The highest BCUT2D eigenvalue weighted by Gasteiger charge is 2.18. The average Bonchev–Trinajstić information content (AvgIpc) is 2.64. The molecule has 0 radical (unpaired) electrons. The van der Waals surface area contributed by atoms with E-state index in [2.05, 4.69) is 5.32 Å². The molecule has 3 aromatic rings. The van der Waals surface area contributed by atoms with Gasteiger partial charge < -0.3 is 14.6 Å². The Balaban J connectivity index is 1.89. The lowest BCUT2D eigenvalue weighted by Gasteiger charge is -2.17. The van der Waals surface area contributed by atoms with Gasteiger partial charge in [0.2, 0.25) is 5.91 Å². The van der Waals surface area contributed by atoms with E-state index in [-0.39, 0.29) is 17.6 Å². The highest BCUT2D eigenvalue weighted by atomic mass is 35.5. The standard InChI is InChI=1S/C21H20Cl2N2O3/c1-12(2)28-16-5-6-17-14(10-16)8-9-25(21(17)27)13(3)20(26)24-19-11-15(22)4-7-18(19)23/h4-13H,1-3H3,(H,24,26). The first-order chi connectivity index (χ1) is 13.3. The van der Waals surface area contributed by atoms with Crippen molar-refractivity contribution in [3.05, 3.63) is 69.1 Å². The summed E-state index contributed by atoms with van der Waals surface area (Å²) < 4.78 is 7.06. The fourth-order valence-electron chi connectivity index (χ4n) is 2.85. The lowest BCUT2D eigenvalue weighted by Crippen LogP contribution is -2.31. The van der Waals surface area contributed by atoms with Gasteiger partial charge in [-0.05, 0) is 68.6 Å². The largest absolute Gasteiger partial charge is 0.491 e. The predicted octanol–water partition coefficient (Wildman–Crippen LogP) is 5.30. The molecule has 1 heterocycles. The minimum Gasteiger partial charge on any atom is -0.491 e. The number of nitrogens with one attached hydrogen (secondary N) is 1. The van der Waals surface area contributed by atoms with Crippen LogP contribution in [0.1, 0.15) is 26.8 Å². The van der Waals surface area contributed by atoms with Crippen LogP contribution >= 0.6 is 23.2 Å². The number of benzene rings is 2. The van der Waals surface area contributed by atoms with Crippen LogP contribution in [0.3, 0.4) is 0 Å². The highest BCUT2D eigenvalue weighted by molar-refractivity contribution is 6.35. The van der Waals surface area contributed by atoms with Gasteiger partial charge in [0.25, 0.3) is 5.56 Å². The molecular weight excluding hydrogens is 399 g/mol. The second-order valence-electron chi connectivity index (χ2n) is 6.73. The first-order valence-corrected chi connectivity index (χ1v) is 9.59. The van der Waals surface area contributed by atoms with Gasteiger partial charge in [-0.1, -0.05) is 23.2 Å². The maximum Gasteiger partial charge on any atom is 0.259 e. The molecule has 1 aromatic heterocycles. The number of nitrogens with zero attached hydrogens (tertiary/aromatic N) is 1. The van der Waals surface area contributed by atoms with Gasteiger partial charge >= 0.3 is 0 Å². The Morgan fingerprint density at radius 2 is 1.82 bits per heavy atom. The van der Waals surface area contributed by atoms with Crippen LogP contribution in [0.15, 0.2) is 53.5 Å². The number of ether oxygens (including phenoxy) is 1. The van der Waals surface area contributed by atoms with Crippen molar-refractivity contribution >= 4 is 45.6 Å². The fraction of sp³-hybridized carbons (Fsp3) is 0.238. The van der Waals surface area contributed by atoms with Crippen molar-refractivity contribution in [1.82, 2.24) is 4.57 Å². The summed E-state index contributed by atoms with van der Waals surface area (Å²) in [4.78, 5) is 25.5. The maximum absolute atomic E-state index is 12.9. The second-order valence-corrected chi connectivity index (χ2v) is 7.58. The number of hydrogen-bond acceptors (Lipinski definition) is 3. The molecule has 0 aliphatic rings. The zero-order valence-electron chi connectivity index (χ0n) is 15.7. The second kappa shape index (κ2) is 8.25. The number of halogens is 2. The van der Waals surface area contributed by atoms with E-state index in [4.69, 9.17) is 27.9 Å². The minimum absolute atomic E-state index is 0.0415. The van der Waals surface area contributed by atoms with E-state index in [9.17, 15) is 9.59 Å². The molecule has 0 spiro atoms. The van der Waals surface area contributed by atoms with E-state index in [1.54, 1.807) is 49.5 Å². The summed E-state index contributed by atoms with van der Waals surface area (Å²) in [5, 5.41) is 4.81. The molecular formula is C21H20Cl2N2O3. The van der Waals surface area contributed by atoms with Crippen LogP contribution in [0.2, 0.25) is 10.0 Å². The van der Waals surface area contributed by atoms with Crippen molar-refractivity contribution in [2.45, 2.75) is 32.9 Å². The first kappa shape index (κ1) is 20.2. The number of fused-ring (bicyclic) bond motifs is 1. The lowest BCUT2D eigenvalue weighted by molar-refractivity contribution is -0.118. The van der Waals surface area contributed by atoms with Crippen LogP contribution in [-0.4, -0.2) is 16.6 Å². The summed E-state index contributed by atoms with van der Waals surface area (Å²) >= 11 is 12.1. The average molecular weight is 419 g/mol. The molecule has 1 unspecified atom stereocenters. The number of pyridine rings is 1. The van der Waals surface area contributed by atoms with Crippen LogP contribution < -0.4 is 15.6 Å². The molecule has 0 bridgehead atoms. The normalized spacial score (nSPS) is 12.2. The van der Waals surface area contributed by atoms with Gasteiger partial charge in [-0.2, -0.15) is 0 Å². The van der Waals surface area contributed by atoms with Gasteiger partial charge in [0.1, 0.15) is 11.8 Å². The van der Waals surface area contributed by atoms with E-state index in [0.29, 0.717) is 26.9 Å². The Bertz CT molecular complexity index is 1090. The molecule has 5 nitrogen and oxygen atoms in total. The Morgan fingerprint density at radius 3 is 2.54 bits per heavy atom. The quantitative estimate of drug-likeness (QED) is 0.611. The SMILES string of the molecule is CC(C)Oc1ccc2c(=O)n(C(C)C(=O)Nc3cc(Cl)ccc3Cl)ccc2c1. The number of aromatic nitrogens is 1. The van der Waals surface area contributed by atoms with Crippen molar-refractivity contribution in [2.24, 2.45) is 0 Å². The van der Waals surface area contributed by atoms with Crippen molar-refractivity contribution in [1.29, 1.82) is 0 Å². The number of hydrogen-bond donors (Lipinski definition) is 1. The van der Waals surface area contributed by atoms with Gasteiger partial charge in [-0.15, -0.1) is 0 Å². The summed E-state index contributed by atoms with van der Waals surface area (Å²) in [6.45, 7) is 5.53. The van der Waals surface area contributed by atoms with Crippen LogP contribution in [0.25, 0.3) is 10.8 Å². The van der Waals surface area contributed by atoms with Gasteiger partial charge in [-0.25, -0.2) is 0 Å². The Kier molecular flexibility index (Phi) is 5.96. The van der Waals surface area contributed by atoms with Crippen molar-refractivity contribution < 1.29 is 9.53 Å². The number of rotatable bonds is 5. The Hall–Kier alpha value is -2.50. The molecule has 0 saturated carbocycles. The smallest absolute Gasteiger partial charge is 0.259 e. The summed E-state index contributed by atoms with van der Waals surface area (Å²) in [6.07, 6.45) is 1.65. The summed E-state index contributed by atoms with van der Waals surface area (Å²) in [5.41, 5.74) is 0.142. The first-order valence-electron chi connectivity index (χ1n) is 8.83. The molecule has 0 saturated heterocycles. The van der Waals surface area contributed by atoms with Gasteiger partial charge in [0.15, 0.2) is 0 Å². The number of amides is 1. The Morgan fingerprint density at radius 1 is 1.07 bits per heavy atom. The molecule has 0 aliphatic carbocycles. The molecule has 2 aromatic carbocycles. The molecule has 1 atom stereocenters. The van der Waals surface area contributed by atoms with E-state index in [0.717, 1.165) is 5.39 Å². The molecule has 146 valence electrons. The zero-order valence-corrected chi connectivity index (χ0v) is 17.2. The third-order valence-corrected chi connectivity index (χ3v) is 4.82. The number of anilines is 1. The topological polar surface area (TPSA) is 60.3 Å². The summed E-state index contributed by atoms with van der Waals surface area (Å²) in [6, 6.07) is 11.1. The van der Waals surface area contributed by atoms with Gasteiger partial charge in [0, 0.05) is 16.6 Å². The van der Waals surface area contributed by atoms with E-state index in [1.165, 1.54) is 4.57 Å². The van der Waals surface area contributed by atoms with Crippen molar-refractivity contribution in [3.8, 4) is 5.75 Å². The van der Waals surface area contributed by atoms with Crippen LogP contribution in [0.5, 0.6) is 5.75 Å². The third-order valence-electron chi connectivity index (χ3n) is 4.26. The highest BCUT2D eigenvalue weighted by Crippen LogP contribution is 2.26.